The van der Waals surface area contributed by atoms with Crippen LogP contribution in [0.2, 0.25) is 0 Å². The van der Waals surface area contributed by atoms with Crippen molar-refractivity contribution in [2.75, 3.05) is 0 Å². The van der Waals surface area contributed by atoms with E-state index in [1.807, 2.05) is 79.2 Å². The predicted octanol–water partition coefficient (Wildman–Crippen LogP) is 4.02. The second kappa shape index (κ2) is 7.49. The molecule has 0 amide bonds. The molecule has 0 radical (unpaired) electrons. The normalized spacial score (nSPS) is 11.6. The van der Waals surface area contributed by atoms with Crippen molar-refractivity contribution < 1.29 is 0 Å². The van der Waals surface area contributed by atoms with E-state index >= 15 is 0 Å². The van der Waals surface area contributed by atoms with Gasteiger partial charge in [-0.15, -0.1) is 0 Å². The van der Waals surface area contributed by atoms with E-state index in [-0.39, 0.29) is 5.69 Å². The van der Waals surface area contributed by atoms with Gasteiger partial charge in [-0.1, -0.05) is 23.8 Å². The first kappa shape index (κ1) is 19.6. The lowest BCUT2D eigenvalue weighted by Crippen LogP contribution is -2.24. The van der Waals surface area contributed by atoms with Gasteiger partial charge in [0.15, 0.2) is 5.65 Å². The number of aryl methyl sites for hydroxylation is 1. The van der Waals surface area contributed by atoms with Gasteiger partial charge in [0, 0.05) is 17.5 Å². The van der Waals surface area contributed by atoms with E-state index in [0.29, 0.717) is 6.54 Å². The molecule has 6 aromatic rings. The molecule has 8 nitrogen and oxygen atoms in total. The highest BCUT2D eigenvalue weighted by Crippen LogP contribution is 2.27. The Morgan fingerprint density at radius 3 is 2.61 bits per heavy atom. The molecular formula is C24H19N7OS. The number of aromatic nitrogens is 7. The molecule has 0 fully saturated rings. The van der Waals surface area contributed by atoms with E-state index in [2.05, 4.69) is 18.8 Å². The summed E-state index contributed by atoms with van der Waals surface area (Å²) in [6, 6.07) is 17.8. The SMILES string of the molecule is Cc1ccc(-n2c(-c3ccc4ncnn4c3)c(C)n(Cc3ccc4nsnc4c3)c2=O)cc1. The zero-order chi connectivity index (χ0) is 22.5. The Bertz CT molecular complexity index is 1690. The summed E-state index contributed by atoms with van der Waals surface area (Å²) < 4.78 is 13.9. The third-order valence-corrected chi connectivity index (χ3v) is 6.45. The average molecular weight is 454 g/mol. The molecule has 0 spiro atoms. The van der Waals surface area contributed by atoms with Gasteiger partial charge in [0.1, 0.15) is 17.4 Å². The summed E-state index contributed by atoms with van der Waals surface area (Å²) in [7, 11) is 0. The minimum Gasteiger partial charge on any atom is -0.291 e. The van der Waals surface area contributed by atoms with Crippen LogP contribution in [0.4, 0.5) is 0 Å². The molecule has 162 valence electrons. The molecule has 2 aromatic carbocycles. The van der Waals surface area contributed by atoms with E-state index in [9.17, 15) is 4.79 Å². The number of hydrogen-bond acceptors (Lipinski definition) is 6. The van der Waals surface area contributed by atoms with Crippen molar-refractivity contribution in [1.29, 1.82) is 0 Å². The van der Waals surface area contributed by atoms with E-state index in [1.165, 1.54) is 18.1 Å². The average Bonchev–Trinajstić information content (AvgIpc) is 3.53. The van der Waals surface area contributed by atoms with Crippen molar-refractivity contribution >= 4 is 28.4 Å². The van der Waals surface area contributed by atoms with Crippen LogP contribution in [0.5, 0.6) is 0 Å². The second-order valence-corrected chi connectivity index (χ2v) is 8.57. The van der Waals surface area contributed by atoms with Gasteiger partial charge in [0.05, 0.1) is 29.7 Å². The van der Waals surface area contributed by atoms with Gasteiger partial charge in [0.2, 0.25) is 0 Å². The van der Waals surface area contributed by atoms with Crippen LogP contribution in [-0.4, -0.2) is 32.5 Å². The number of imidazole rings is 1. The molecule has 0 aliphatic heterocycles. The van der Waals surface area contributed by atoms with Crippen LogP contribution in [0, 0.1) is 13.8 Å². The van der Waals surface area contributed by atoms with Crippen molar-refractivity contribution in [3.63, 3.8) is 0 Å². The van der Waals surface area contributed by atoms with Crippen molar-refractivity contribution in [3.05, 3.63) is 94.4 Å². The Morgan fingerprint density at radius 2 is 1.76 bits per heavy atom. The van der Waals surface area contributed by atoms with Gasteiger partial charge in [-0.3, -0.25) is 9.13 Å². The van der Waals surface area contributed by atoms with Crippen molar-refractivity contribution in [2.24, 2.45) is 0 Å². The maximum Gasteiger partial charge on any atom is 0.333 e. The fourth-order valence-electron chi connectivity index (χ4n) is 4.17. The molecule has 0 saturated heterocycles. The van der Waals surface area contributed by atoms with Gasteiger partial charge >= 0.3 is 5.69 Å². The van der Waals surface area contributed by atoms with E-state index in [1.54, 1.807) is 9.08 Å². The monoisotopic (exact) mass is 453 g/mol. The summed E-state index contributed by atoms with van der Waals surface area (Å²) >= 11 is 1.19. The standard InChI is InChI=1S/C24H19N7OS/c1-15-3-7-19(8-4-15)31-23(18-6-10-22-25-14-26-30(22)13-18)16(2)29(24(31)32)12-17-5-9-20-21(11-17)28-33-27-20/h3-11,13-14H,12H2,1-2H3. The molecule has 6 rings (SSSR count). The van der Waals surface area contributed by atoms with Crippen LogP contribution < -0.4 is 5.69 Å². The molecule has 0 saturated carbocycles. The first-order chi connectivity index (χ1) is 16.1. The smallest absolute Gasteiger partial charge is 0.291 e. The van der Waals surface area contributed by atoms with E-state index < -0.39 is 0 Å². The second-order valence-electron chi connectivity index (χ2n) is 8.04. The molecule has 4 heterocycles. The summed E-state index contributed by atoms with van der Waals surface area (Å²) in [6.07, 6.45) is 3.43. The predicted molar refractivity (Wildman–Crippen MR) is 128 cm³/mol. The van der Waals surface area contributed by atoms with Gasteiger partial charge in [0.25, 0.3) is 0 Å². The minimum absolute atomic E-state index is 0.0958. The highest BCUT2D eigenvalue weighted by molar-refractivity contribution is 7.00. The number of nitrogens with zero attached hydrogens (tertiary/aromatic N) is 7. The largest absolute Gasteiger partial charge is 0.333 e. The minimum atomic E-state index is -0.0958. The summed E-state index contributed by atoms with van der Waals surface area (Å²) in [6.45, 7) is 4.46. The third-order valence-electron chi connectivity index (χ3n) is 5.89. The Hall–Kier alpha value is -4.11. The van der Waals surface area contributed by atoms with Crippen LogP contribution in [0.3, 0.4) is 0 Å². The molecule has 9 heteroatoms. The first-order valence-electron chi connectivity index (χ1n) is 10.5. The zero-order valence-corrected chi connectivity index (χ0v) is 18.8. The van der Waals surface area contributed by atoms with Crippen LogP contribution >= 0.6 is 11.7 Å². The Balaban J connectivity index is 1.56. The first-order valence-corrected chi connectivity index (χ1v) is 11.2. The quantitative estimate of drug-likeness (QED) is 0.403. The van der Waals surface area contributed by atoms with Gasteiger partial charge in [-0.05, 0) is 55.8 Å². The van der Waals surface area contributed by atoms with Crippen molar-refractivity contribution in [3.8, 4) is 16.9 Å². The Kier molecular flexibility index (Phi) is 4.44. The van der Waals surface area contributed by atoms with Gasteiger partial charge in [-0.2, -0.15) is 13.8 Å². The topological polar surface area (TPSA) is 82.9 Å². The molecule has 0 aliphatic carbocycles. The summed E-state index contributed by atoms with van der Waals surface area (Å²) in [4.78, 5) is 18.0. The summed E-state index contributed by atoms with van der Waals surface area (Å²) in [5.41, 5.74) is 7.92. The highest BCUT2D eigenvalue weighted by atomic mass is 32.1. The fraction of sp³-hybridized carbons (Fsp3) is 0.125. The summed E-state index contributed by atoms with van der Waals surface area (Å²) in [5, 5.41) is 4.27. The van der Waals surface area contributed by atoms with Gasteiger partial charge < -0.3 is 0 Å². The lowest BCUT2D eigenvalue weighted by molar-refractivity contribution is 0.724. The highest BCUT2D eigenvalue weighted by Gasteiger charge is 2.21. The molecular weight excluding hydrogens is 434 g/mol. The van der Waals surface area contributed by atoms with Crippen molar-refractivity contribution in [2.45, 2.75) is 20.4 Å². The Labute approximate surface area is 192 Å². The number of benzene rings is 2. The lowest BCUT2D eigenvalue weighted by atomic mass is 10.1. The maximum absolute atomic E-state index is 13.8. The molecule has 0 unspecified atom stereocenters. The molecule has 0 bridgehead atoms. The molecule has 0 aliphatic rings. The number of hydrogen-bond donors (Lipinski definition) is 0. The fourth-order valence-corrected chi connectivity index (χ4v) is 4.69. The van der Waals surface area contributed by atoms with Gasteiger partial charge in [-0.25, -0.2) is 14.3 Å². The zero-order valence-electron chi connectivity index (χ0n) is 18.0. The molecule has 4 aromatic heterocycles. The van der Waals surface area contributed by atoms with E-state index in [0.717, 1.165) is 50.4 Å². The maximum atomic E-state index is 13.8. The number of fused-ring (bicyclic) bond motifs is 2. The van der Waals surface area contributed by atoms with E-state index in [4.69, 9.17) is 0 Å². The lowest BCUT2D eigenvalue weighted by Gasteiger charge is -2.09. The van der Waals surface area contributed by atoms with Crippen molar-refractivity contribution in [1.82, 2.24) is 32.5 Å². The molecule has 33 heavy (non-hydrogen) atoms. The van der Waals surface area contributed by atoms with Crippen LogP contribution in [-0.2, 0) is 6.54 Å². The van der Waals surface area contributed by atoms with Crippen LogP contribution in [0.15, 0.2) is 71.9 Å². The van der Waals surface area contributed by atoms with Crippen LogP contribution in [0.1, 0.15) is 16.8 Å². The molecule has 0 N–H and O–H groups in total. The number of pyridine rings is 1. The van der Waals surface area contributed by atoms with Crippen LogP contribution in [0.25, 0.3) is 33.6 Å². The Morgan fingerprint density at radius 1 is 0.939 bits per heavy atom. The number of rotatable bonds is 4. The summed E-state index contributed by atoms with van der Waals surface area (Å²) in [5.74, 6) is 0. The molecule has 0 atom stereocenters. The third kappa shape index (κ3) is 3.25.